The van der Waals surface area contributed by atoms with Gasteiger partial charge in [-0.3, -0.25) is 0 Å². The topological polar surface area (TPSA) is 3.88 Å². The molecule has 4 rings (SSSR count). The van der Waals surface area contributed by atoms with Gasteiger partial charge in [-0.15, -0.1) is 0 Å². The predicted molar refractivity (Wildman–Crippen MR) is 101 cm³/mol. The molecule has 0 spiro atoms. The van der Waals surface area contributed by atoms with Crippen LogP contribution in [-0.4, -0.2) is 0 Å². The first kappa shape index (κ1) is 15.4. The van der Waals surface area contributed by atoms with Crippen LogP contribution in [0.1, 0.15) is 36.8 Å². The lowest BCUT2D eigenvalue weighted by atomic mass is 9.93. The molecular weight excluding hydrogens is 290 g/mol. The van der Waals surface area contributed by atoms with Gasteiger partial charge in [0.25, 0.3) is 0 Å². The Morgan fingerprint density at radius 2 is 1.67 bits per heavy atom. The SMILES string of the molecule is Cc1ccccc1-c1cc(CC2CCCC2)c2ccccc2[n+]1C. The van der Waals surface area contributed by atoms with Crippen LogP contribution in [0.15, 0.2) is 54.6 Å². The molecule has 24 heavy (non-hydrogen) atoms. The summed E-state index contributed by atoms with van der Waals surface area (Å²) in [6, 6.07) is 20.1. The van der Waals surface area contributed by atoms with Gasteiger partial charge in [0.2, 0.25) is 11.2 Å². The molecule has 1 aromatic heterocycles. The van der Waals surface area contributed by atoms with Gasteiger partial charge in [0, 0.05) is 23.1 Å². The van der Waals surface area contributed by atoms with Gasteiger partial charge in [0.05, 0.1) is 0 Å². The average molecular weight is 316 g/mol. The Hall–Kier alpha value is -2.15. The summed E-state index contributed by atoms with van der Waals surface area (Å²) < 4.78 is 2.36. The molecule has 1 fully saturated rings. The van der Waals surface area contributed by atoms with Crippen LogP contribution in [0.25, 0.3) is 22.2 Å². The number of hydrogen-bond acceptors (Lipinski definition) is 0. The fourth-order valence-corrected chi connectivity index (χ4v) is 4.32. The van der Waals surface area contributed by atoms with Crippen molar-refractivity contribution < 1.29 is 4.57 Å². The van der Waals surface area contributed by atoms with Crippen LogP contribution < -0.4 is 4.57 Å². The molecule has 0 bridgehead atoms. The van der Waals surface area contributed by atoms with Crippen molar-refractivity contribution in [2.24, 2.45) is 13.0 Å². The van der Waals surface area contributed by atoms with Crippen LogP contribution >= 0.6 is 0 Å². The van der Waals surface area contributed by atoms with Gasteiger partial charge < -0.3 is 0 Å². The van der Waals surface area contributed by atoms with Crippen molar-refractivity contribution in [3.05, 3.63) is 65.7 Å². The molecule has 0 aliphatic heterocycles. The third-order valence-electron chi connectivity index (χ3n) is 5.69. The third-order valence-corrected chi connectivity index (χ3v) is 5.69. The number of nitrogens with zero attached hydrogens (tertiary/aromatic N) is 1. The first-order valence-electron chi connectivity index (χ1n) is 9.20. The zero-order chi connectivity index (χ0) is 16.5. The first-order chi connectivity index (χ1) is 11.7. The summed E-state index contributed by atoms with van der Waals surface area (Å²) in [7, 11) is 2.20. The summed E-state index contributed by atoms with van der Waals surface area (Å²) in [6.07, 6.45) is 6.84. The largest absolute Gasteiger partial charge is 0.213 e. The molecule has 1 heterocycles. The van der Waals surface area contributed by atoms with Crippen molar-refractivity contribution in [2.75, 3.05) is 0 Å². The van der Waals surface area contributed by atoms with E-state index in [1.807, 2.05) is 0 Å². The Morgan fingerprint density at radius 3 is 2.46 bits per heavy atom. The Bertz CT molecular complexity index is 872. The van der Waals surface area contributed by atoms with Gasteiger partial charge in [-0.2, -0.15) is 4.57 Å². The van der Waals surface area contributed by atoms with E-state index in [4.69, 9.17) is 0 Å². The molecule has 122 valence electrons. The number of fused-ring (bicyclic) bond motifs is 1. The van der Waals surface area contributed by atoms with Crippen LogP contribution in [0, 0.1) is 12.8 Å². The lowest BCUT2D eigenvalue weighted by molar-refractivity contribution is -0.633. The molecule has 3 aromatic rings. The Morgan fingerprint density at radius 1 is 0.958 bits per heavy atom. The second-order valence-electron chi connectivity index (χ2n) is 7.30. The minimum Gasteiger partial charge on any atom is -0.194 e. The second kappa shape index (κ2) is 6.39. The Balaban J connectivity index is 1.91. The molecule has 0 unspecified atom stereocenters. The molecule has 1 aliphatic rings. The molecular formula is C23H26N+. The molecule has 0 atom stereocenters. The molecule has 0 saturated heterocycles. The van der Waals surface area contributed by atoms with Crippen LogP contribution in [-0.2, 0) is 13.5 Å². The highest BCUT2D eigenvalue weighted by atomic mass is 14.9. The van der Waals surface area contributed by atoms with Crippen LogP contribution in [0.5, 0.6) is 0 Å². The minimum absolute atomic E-state index is 0.867. The van der Waals surface area contributed by atoms with Gasteiger partial charge in [0.15, 0.2) is 0 Å². The number of rotatable bonds is 3. The molecule has 0 amide bonds. The van der Waals surface area contributed by atoms with E-state index < -0.39 is 0 Å². The number of aromatic nitrogens is 1. The summed E-state index contributed by atoms with van der Waals surface area (Å²) in [6.45, 7) is 2.21. The van der Waals surface area contributed by atoms with E-state index in [-0.39, 0.29) is 0 Å². The summed E-state index contributed by atoms with van der Waals surface area (Å²) in [5, 5.41) is 1.42. The lowest BCUT2D eigenvalue weighted by Crippen LogP contribution is -2.33. The second-order valence-corrected chi connectivity index (χ2v) is 7.30. The van der Waals surface area contributed by atoms with Crippen LogP contribution in [0.4, 0.5) is 0 Å². The van der Waals surface area contributed by atoms with Crippen molar-refractivity contribution >= 4 is 10.9 Å². The molecule has 0 radical (unpaired) electrons. The van der Waals surface area contributed by atoms with Crippen molar-refractivity contribution in [1.29, 1.82) is 0 Å². The Labute approximate surface area is 145 Å². The lowest BCUT2D eigenvalue weighted by Gasteiger charge is -2.14. The quantitative estimate of drug-likeness (QED) is 0.572. The normalized spacial score (nSPS) is 15.2. The highest BCUT2D eigenvalue weighted by Crippen LogP contribution is 2.32. The molecule has 1 saturated carbocycles. The third kappa shape index (κ3) is 2.73. The summed E-state index contributed by atoms with van der Waals surface area (Å²) in [5.74, 6) is 0.867. The minimum atomic E-state index is 0.867. The van der Waals surface area contributed by atoms with E-state index in [1.54, 1.807) is 0 Å². The van der Waals surface area contributed by atoms with E-state index in [2.05, 4.69) is 73.1 Å². The highest BCUT2D eigenvalue weighted by molar-refractivity contribution is 5.82. The van der Waals surface area contributed by atoms with Crippen LogP contribution in [0.3, 0.4) is 0 Å². The molecule has 1 aliphatic carbocycles. The van der Waals surface area contributed by atoms with E-state index in [0.717, 1.165) is 5.92 Å². The van der Waals surface area contributed by atoms with E-state index >= 15 is 0 Å². The van der Waals surface area contributed by atoms with E-state index in [1.165, 1.54) is 65.4 Å². The fourth-order valence-electron chi connectivity index (χ4n) is 4.32. The van der Waals surface area contributed by atoms with Gasteiger partial charge >= 0.3 is 0 Å². The molecule has 1 nitrogen and oxygen atoms in total. The van der Waals surface area contributed by atoms with Crippen LogP contribution in [0.2, 0.25) is 0 Å². The van der Waals surface area contributed by atoms with Gasteiger partial charge in [-0.05, 0) is 42.5 Å². The number of benzene rings is 2. The molecule has 0 N–H and O–H groups in total. The standard InChI is InChI=1S/C23H26N/c1-17-9-3-6-12-20(17)23-16-19(15-18-10-4-5-11-18)21-13-7-8-14-22(21)24(23)2/h3,6-9,12-14,16,18H,4-5,10-11,15H2,1-2H3/q+1. The number of pyridine rings is 1. The Kier molecular flexibility index (Phi) is 4.10. The number of para-hydroxylation sites is 1. The number of aryl methyl sites for hydroxylation is 2. The summed E-state index contributed by atoms with van der Waals surface area (Å²) in [4.78, 5) is 0. The average Bonchev–Trinajstić information content (AvgIpc) is 3.11. The zero-order valence-corrected chi connectivity index (χ0v) is 14.8. The summed E-state index contributed by atoms with van der Waals surface area (Å²) in [5.41, 5.74) is 6.88. The van der Waals surface area contributed by atoms with E-state index in [0.29, 0.717) is 0 Å². The summed E-state index contributed by atoms with van der Waals surface area (Å²) >= 11 is 0. The van der Waals surface area contributed by atoms with Gasteiger partial charge in [0.1, 0.15) is 7.05 Å². The van der Waals surface area contributed by atoms with Crippen molar-refractivity contribution in [3.8, 4) is 11.3 Å². The van der Waals surface area contributed by atoms with Crippen molar-refractivity contribution in [1.82, 2.24) is 0 Å². The smallest absolute Gasteiger partial charge is 0.194 e. The maximum Gasteiger partial charge on any atom is 0.213 e. The van der Waals surface area contributed by atoms with E-state index in [9.17, 15) is 0 Å². The van der Waals surface area contributed by atoms with Crippen molar-refractivity contribution in [3.63, 3.8) is 0 Å². The van der Waals surface area contributed by atoms with Crippen molar-refractivity contribution in [2.45, 2.75) is 39.0 Å². The van der Waals surface area contributed by atoms with Gasteiger partial charge in [-0.25, -0.2) is 0 Å². The first-order valence-corrected chi connectivity index (χ1v) is 9.20. The fraction of sp³-hybridized carbons (Fsp3) is 0.348. The van der Waals surface area contributed by atoms with Gasteiger partial charge in [-0.1, -0.05) is 56.0 Å². The maximum atomic E-state index is 2.45. The predicted octanol–water partition coefficient (Wildman–Crippen LogP) is 5.37. The monoisotopic (exact) mass is 316 g/mol. The molecule has 2 aromatic carbocycles. The highest BCUT2D eigenvalue weighted by Gasteiger charge is 2.22. The zero-order valence-electron chi connectivity index (χ0n) is 14.8. The number of hydrogen-bond donors (Lipinski definition) is 0. The maximum absolute atomic E-state index is 2.45. The molecule has 1 heteroatoms.